The van der Waals surface area contributed by atoms with Gasteiger partial charge in [-0.25, -0.2) is 4.79 Å². The summed E-state index contributed by atoms with van der Waals surface area (Å²) in [5.41, 5.74) is 14.2. The van der Waals surface area contributed by atoms with Gasteiger partial charge in [0, 0.05) is 23.2 Å². The Kier molecular flexibility index (Phi) is 7.61. The number of nitriles is 1. The SMILES string of the molecule is CC(C)n1oc(=O)nc1C1(C[C@H](C)NCC(=O)N2C(C#N)C[C@@H]3C[C@@H]32)c2ccc(C(N)=O)cc2CCc2cc(C(N)=O)ccc21. The quantitative estimate of drug-likeness (QED) is 0.327. The monoisotopic (exact) mass is 611 g/mol. The molecule has 4 atom stereocenters. The van der Waals surface area contributed by atoms with E-state index >= 15 is 0 Å². The normalized spacial score (nSPS) is 21.7. The second kappa shape index (κ2) is 11.3. The van der Waals surface area contributed by atoms with Gasteiger partial charge >= 0.3 is 5.76 Å². The van der Waals surface area contributed by atoms with Crippen LogP contribution in [0.3, 0.4) is 0 Å². The van der Waals surface area contributed by atoms with Crippen molar-refractivity contribution in [2.75, 3.05) is 6.54 Å². The molecule has 2 aromatic carbocycles. The summed E-state index contributed by atoms with van der Waals surface area (Å²) in [5, 5.41) is 13.0. The maximum Gasteiger partial charge on any atom is 0.459 e. The summed E-state index contributed by atoms with van der Waals surface area (Å²) in [5.74, 6) is -1.22. The summed E-state index contributed by atoms with van der Waals surface area (Å²) in [7, 11) is 0. The molecule has 1 saturated heterocycles. The lowest BCUT2D eigenvalue weighted by Gasteiger charge is -2.38. The van der Waals surface area contributed by atoms with E-state index in [0.29, 0.717) is 42.1 Å². The summed E-state index contributed by atoms with van der Waals surface area (Å²) in [6.45, 7) is 5.77. The highest BCUT2D eigenvalue weighted by atomic mass is 16.5. The molecule has 1 aromatic heterocycles. The van der Waals surface area contributed by atoms with Crippen molar-refractivity contribution in [3.8, 4) is 6.07 Å². The van der Waals surface area contributed by atoms with Crippen LogP contribution < -0.4 is 22.5 Å². The van der Waals surface area contributed by atoms with Gasteiger partial charge in [0.1, 0.15) is 6.04 Å². The van der Waals surface area contributed by atoms with Crippen LogP contribution in [0.1, 0.15) is 94.9 Å². The lowest BCUT2D eigenvalue weighted by atomic mass is 9.67. The lowest BCUT2D eigenvalue weighted by molar-refractivity contribution is -0.131. The number of primary amides is 2. The molecule has 45 heavy (non-hydrogen) atoms. The van der Waals surface area contributed by atoms with Gasteiger partial charge in [-0.2, -0.15) is 15.0 Å². The van der Waals surface area contributed by atoms with Crippen molar-refractivity contribution in [1.29, 1.82) is 5.26 Å². The van der Waals surface area contributed by atoms with Crippen molar-refractivity contribution in [2.24, 2.45) is 17.4 Å². The fraction of sp³-hybridized carbons (Fsp3) is 0.455. The fourth-order valence-electron chi connectivity index (χ4n) is 7.44. The molecule has 12 heteroatoms. The first-order chi connectivity index (χ1) is 21.4. The van der Waals surface area contributed by atoms with E-state index in [2.05, 4.69) is 16.4 Å². The Labute approximate surface area is 260 Å². The average Bonchev–Trinajstić information content (AvgIpc) is 3.53. The number of amides is 3. The minimum atomic E-state index is -1.11. The van der Waals surface area contributed by atoms with Crippen molar-refractivity contribution in [1.82, 2.24) is 19.9 Å². The molecule has 5 N–H and O–H groups in total. The Hall–Kier alpha value is -4.76. The number of hydrogen-bond donors (Lipinski definition) is 3. The molecule has 3 aromatic rings. The molecule has 6 rings (SSSR count). The highest BCUT2D eigenvalue weighted by molar-refractivity contribution is 5.94. The number of aryl methyl sites for hydroxylation is 2. The van der Waals surface area contributed by atoms with E-state index in [1.165, 1.54) is 4.74 Å². The molecule has 0 spiro atoms. The van der Waals surface area contributed by atoms with Crippen molar-refractivity contribution < 1.29 is 18.9 Å². The van der Waals surface area contributed by atoms with E-state index < -0.39 is 29.0 Å². The lowest BCUT2D eigenvalue weighted by Crippen LogP contribution is -2.47. The molecular formula is C33H37N7O5. The minimum Gasteiger partial charge on any atom is -0.366 e. The Morgan fingerprint density at radius 3 is 2.18 bits per heavy atom. The van der Waals surface area contributed by atoms with E-state index in [9.17, 15) is 24.4 Å². The topological polar surface area (TPSA) is 190 Å². The number of nitrogens with one attached hydrogen (secondary N) is 1. The molecule has 3 aliphatic rings. The van der Waals surface area contributed by atoms with Crippen LogP contribution in [0.25, 0.3) is 0 Å². The number of piperidine rings is 1. The van der Waals surface area contributed by atoms with Gasteiger partial charge in [-0.3, -0.25) is 14.4 Å². The minimum absolute atomic E-state index is 0.0371. The third kappa shape index (κ3) is 5.21. The molecule has 12 nitrogen and oxygen atoms in total. The van der Waals surface area contributed by atoms with Crippen molar-refractivity contribution in [3.63, 3.8) is 0 Å². The third-order valence-corrected chi connectivity index (χ3v) is 9.55. The number of benzene rings is 2. The maximum absolute atomic E-state index is 13.4. The molecule has 2 fully saturated rings. The predicted octanol–water partition coefficient (Wildman–Crippen LogP) is 1.93. The van der Waals surface area contributed by atoms with Crippen LogP contribution in [-0.4, -0.2) is 57.0 Å². The Bertz CT molecular complexity index is 1740. The molecule has 0 bridgehead atoms. The van der Waals surface area contributed by atoms with Crippen LogP contribution in [0, 0.1) is 17.2 Å². The first-order valence-electron chi connectivity index (χ1n) is 15.4. The standard InChI is InChI=1S/C33H37N7O5/c1-17(2)40-31(38-32(44)45-40)33(14-18(3)37-16-28(41)39-24(15-34)12-23-13-27(23)39)25-8-6-21(29(35)42)10-19(25)4-5-20-11-22(30(36)43)7-9-26(20)33/h6-11,17-18,23-24,27,37H,4-5,12-14,16H2,1-3H3,(H2,35,42)(H2,36,43)/t18-,23+,24?,27-/m0/s1. The van der Waals surface area contributed by atoms with Gasteiger partial charge in [0.05, 0.1) is 24.1 Å². The van der Waals surface area contributed by atoms with Crippen molar-refractivity contribution in [3.05, 3.63) is 86.2 Å². The molecule has 2 heterocycles. The Balaban J connectivity index is 1.49. The van der Waals surface area contributed by atoms with Gasteiger partial charge in [-0.15, -0.1) is 0 Å². The molecule has 2 aliphatic carbocycles. The van der Waals surface area contributed by atoms with Crippen LogP contribution in [-0.2, 0) is 23.1 Å². The van der Waals surface area contributed by atoms with Crippen LogP contribution >= 0.6 is 0 Å². The Morgan fingerprint density at radius 1 is 1.04 bits per heavy atom. The summed E-state index contributed by atoms with van der Waals surface area (Å²) >= 11 is 0. The van der Waals surface area contributed by atoms with E-state index in [1.54, 1.807) is 29.2 Å². The van der Waals surface area contributed by atoms with E-state index in [0.717, 1.165) is 35.1 Å². The van der Waals surface area contributed by atoms with Gasteiger partial charge in [-0.05, 0) is 105 Å². The molecule has 1 unspecified atom stereocenters. The Morgan fingerprint density at radius 2 is 1.64 bits per heavy atom. The molecule has 234 valence electrons. The zero-order valence-corrected chi connectivity index (χ0v) is 25.6. The van der Waals surface area contributed by atoms with Gasteiger partial charge in [-0.1, -0.05) is 12.1 Å². The number of carbonyl (C=O) groups is 3. The van der Waals surface area contributed by atoms with Gasteiger partial charge in [0.2, 0.25) is 17.7 Å². The second-order valence-electron chi connectivity index (χ2n) is 12.8. The summed E-state index contributed by atoms with van der Waals surface area (Å²) in [6.07, 6.45) is 3.03. The highest BCUT2D eigenvalue weighted by Crippen LogP contribution is 2.49. The molecule has 3 amide bonds. The number of fused-ring (bicyclic) bond motifs is 3. The predicted molar refractivity (Wildman–Crippen MR) is 163 cm³/mol. The van der Waals surface area contributed by atoms with E-state index in [-0.39, 0.29) is 30.6 Å². The first-order valence-corrected chi connectivity index (χ1v) is 15.4. The molecule has 1 aliphatic heterocycles. The number of likely N-dealkylation sites (tertiary alicyclic amines) is 1. The summed E-state index contributed by atoms with van der Waals surface area (Å²) in [4.78, 5) is 56.8. The molecular weight excluding hydrogens is 574 g/mol. The number of nitrogens with two attached hydrogens (primary N) is 2. The summed E-state index contributed by atoms with van der Waals surface area (Å²) in [6, 6.07) is 12.0. The van der Waals surface area contributed by atoms with E-state index in [1.807, 2.05) is 32.9 Å². The van der Waals surface area contributed by atoms with Gasteiger partial charge in [0.25, 0.3) is 0 Å². The highest BCUT2D eigenvalue weighted by Gasteiger charge is 2.54. The zero-order valence-electron chi connectivity index (χ0n) is 25.6. The zero-order chi connectivity index (χ0) is 32.2. The van der Waals surface area contributed by atoms with E-state index in [4.69, 9.17) is 16.0 Å². The average molecular weight is 612 g/mol. The molecule has 0 radical (unpaired) electrons. The number of aromatic nitrogens is 2. The third-order valence-electron chi connectivity index (χ3n) is 9.55. The van der Waals surface area contributed by atoms with Crippen molar-refractivity contribution in [2.45, 2.75) is 82.5 Å². The number of hydrogen-bond acceptors (Lipinski definition) is 8. The number of carbonyl (C=O) groups excluding carboxylic acids is 3. The van der Waals surface area contributed by atoms with Crippen molar-refractivity contribution >= 4 is 17.7 Å². The van der Waals surface area contributed by atoms with Crippen LogP contribution in [0.15, 0.2) is 45.7 Å². The maximum atomic E-state index is 13.4. The van der Waals surface area contributed by atoms with Gasteiger partial charge < -0.3 is 26.2 Å². The number of rotatable bonds is 9. The van der Waals surface area contributed by atoms with Crippen LogP contribution in [0.5, 0.6) is 0 Å². The molecule has 1 saturated carbocycles. The van der Waals surface area contributed by atoms with Gasteiger partial charge in [0.15, 0.2) is 5.82 Å². The first kappa shape index (κ1) is 30.3. The summed E-state index contributed by atoms with van der Waals surface area (Å²) < 4.78 is 7.14. The second-order valence-corrected chi connectivity index (χ2v) is 12.8. The fourth-order valence-corrected chi connectivity index (χ4v) is 7.44. The van der Waals surface area contributed by atoms with Crippen LogP contribution in [0.4, 0.5) is 0 Å². The smallest absolute Gasteiger partial charge is 0.366 e. The van der Waals surface area contributed by atoms with Crippen LogP contribution in [0.2, 0.25) is 0 Å². The number of nitrogens with zero attached hydrogens (tertiary/aromatic N) is 4. The largest absolute Gasteiger partial charge is 0.459 e.